The molecule has 0 atom stereocenters. The molecule has 0 spiro atoms. The highest BCUT2D eigenvalue weighted by Gasteiger charge is 2.15. The van der Waals surface area contributed by atoms with Crippen molar-refractivity contribution < 1.29 is 9.53 Å². The van der Waals surface area contributed by atoms with E-state index in [0.29, 0.717) is 21.6 Å². The zero-order chi connectivity index (χ0) is 23.5. The number of aryl methyl sites for hydroxylation is 2. The number of nitrogens with one attached hydrogen (secondary N) is 1. The normalized spacial score (nSPS) is 10.9. The number of carbonyl (C=O) groups is 1. The van der Waals surface area contributed by atoms with E-state index in [1.807, 2.05) is 38.1 Å². The van der Waals surface area contributed by atoms with Crippen LogP contribution in [0.4, 0.5) is 5.82 Å². The number of nitrogens with zero attached hydrogens (tertiary/aromatic N) is 4. The number of amides is 1. The van der Waals surface area contributed by atoms with Gasteiger partial charge in [0, 0.05) is 12.4 Å². The summed E-state index contributed by atoms with van der Waals surface area (Å²) in [6.07, 6.45) is 3.29. The topological polar surface area (TPSA) is 74.0 Å². The fraction of sp³-hybridized carbons (Fsp3) is 0.174. The van der Waals surface area contributed by atoms with E-state index in [1.54, 1.807) is 40.0 Å². The first kappa shape index (κ1) is 23.2. The zero-order valence-corrected chi connectivity index (χ0v) is 20.1. The number of anilines is 1. The summed E-state index contributed by atoms with van der Waals surface area (Å²) in [7, 11) is 0. The van der Waals surface area contributed by atoms with Crippen molar-refractivity contribution in [3.05, 3.63) is 92.3 Å². The summed E-state index contributed by atoms with van der Waals surface area (Å²) in [6.45, 7) is 4.56. The lowest BCUT2D eigenvalue weighted by Crippen LogP contribution is -2.15. The molecule has 4 rings (SSSR count). The molecule has 33 heavy (non-hydrogen) atoms. The number of ether oxygens (including phenoxy) is 1. The molecule has 10 heteroatoms. The second-order valence-electron chi connectivity index (χ2n) is 7.51. The van der Waals surface area contributed by atoms with Crippen LogP contribution in [-0.2, 0) is 13.3 Å². The van der Waals surface area contributed by atoms with E-state index in [0.717, 1.165) is 22.4 Å². The number of carbonyl (C=O) groups excluding carboxylic acids is 1. The summed E-state index contributed by atoms with van der Waals surface area (Å²) < 4.78 is 8.97. The molecule has 2 heterocycles. The number of rotatable bonds is 7. The van der Waals surface area contributed by atoms with Crippen molar-refractivity contribution in [2.24, 2.45) is 0 Å². The molecule has 1 N–H and O–H groups in total. The molecule has 0 saturated heterocycles. The van der Waals surface area contributed by atoms with Crippen LogP contribution in [0.25, 0.3) is 0 Å². The number of hydrogen-bond donors (Lipinski definition) is 1. The van der Waals surface area contributed by atoms with E-state index >= 15 is 0 Å². The minimum atomic E-state index is -0.429. The Labute approximate surface area is 205 Å². The highest BCUT2D eigenvalue weighted by atomic mass is 35.5. The molecular weight excluding hydrogens is 485 g/mol. The summed E-state index contributed by atoms with van der Waals surface area (Å²) in [5.41, 5.74) is 3.24. The van der Waals surface area contributed by atoms with E-state index in [9.17, 15) is 4.79 Å². The zero-order valence-electron chi connectivity index (χ0n) is 17.8. The van der Waals surface area contributed by atoms with Gasteiger partial charge < -0.3 is 10.1 Å². The van der Waals surface area contributed by atoms with Gasteiger partial charge in [-0.15, -0.1) is 0 Å². The quantitative estimate of drug-likeness (QED) is 0.335. The average molecular weight is 505 g/mol. The van der Waals surface area contributed by atoms with Crippen LogP contribution >= 0.6 is 34.8 Å². The molecule has 0 saturated carbocycles. The molecule has 0 aliphatic heterocycles. The third-order valence-electron chi connectivity index (χ3n) is 4.85. The van der Waals surface area contributed by atoms with Gasteiger partial charge in [-0.3, -0.25) is 9.48 Å². The predicted octanol–water partition coefficient (Wildman–Crippen LogP) is 5.99. The van der Waals surface area contributed by atoms with Crippen molar-refractivity contribution in [1.29, 1.82) is 0 Å². The van der Waals surface area contributed by atoms with Gasteiger partial charge in [0.1, 0.15) is 10.8 Å². The van der Waals surface area contributed by atoms with Gasteiger partial charge in [-0.1, -0.05) is 53.0 Å². The fourth-order valence-electron chi connectivity index (χ4n) is 3.11. The van der Waals surface area contributed by atoms with E-state index in [2.05, 4.69) is 15.5 Å². The standard InChI is InChI=1S/C23H20Cl3N5O2/c1-14-3-4-15(2)21(9-14)33-13-30-8-7-20(28-30)23(32)27-22-19(26)12-31(29-22)11-16-5-6-17(24)18(25)10-16/h3-10,12H,11,13H2,1-2H3,(H,27,29,32). The van der Waals surface area contributed by atoms with Crippen LogP contribution in [0.5, 0.6) is 5.75 Å². The van der Waals surface area contributed by atoms with Crippen molar-refractivity contribution >= 4 is 46.5 Å². The molecule has 2 aromatic carbocycles. The molecule has 0 aliphatic rings. The molecule has 0 unspecified atom stereocenters. The SMILES string of the molecule is Cc1ccc(C)c(OCn2ccc(C(=O)Nc3nn(Cc4ccc(Cl)c(Cl)c4)cc3Cl)n2)c1. The smallest absolute Gasteiger partial charge is 0.277 e. The van der Waals surface area contributed by atoms with Crippen LogP contribution in [-0.4, -0.2) is 25.5 Å². The maximum Gasteiger partial charge on any atom is 0.277 e. The molecular formula is C23H20Cl3N5O2. The van der Waals surface area contributed by atoms with Gasteiger partial charge in [0.05, 0.1) is 16.6 Å². The lowest BCUT2D eigenvalue weighted by atomic mass is 10.1. The first-order valence-corrected chi connectivity index (χ1v) is 11.1. The summed E-state index contributed by atoms with van der Waals surface area (Å²) in [4.78, 5) is 12.6. The molecule has 170 valence electrons. The Balaban J connectivity index is 1.39. The predicted molar refractivity (Wildman–Crippen MR) is 130 cm³/mol. The van der Waals surface area contributed by atoms with Crippen molar-refractivity contribution in [2.75, 3.05) is 5.32 Å². The fourth-order valence-corrected chi connectivity index (χ4v) is 3.63. The van der Waals surface area contributed by atoms with Gasteiger partial charge in [0.2, 0.25) is 0 Å². The Morgan fingerprint density at radius 1 is 0.970 bits per heavy atom. The van der Waals surface area contributed by atoms with E-state index in [-0.39, 0.29) is 18.2 Å². The molecule has 0 bridgehead atoms. The van der Waals surface area contributed by atoms with Crippen LogP contribution < -0.4 is 10.1 Å². The maximum absolute atomic E-state index is 12.6. The highest BCUT2D eigenvalue weighted by Crippen LogP contribution is 2.25. The molecule has 2 aromatic heterocycles. The van der Waals surface area contributed by atoms with Gasteiger partial charge in [-0.05, 0) is 54.8 Å². The van der Waals surface area contributed by atoms with E-state index < -0.39 is 5.91 Å². The Morgan fingerprint density at radius 2 is 1.79 bits per heavy atom. The lowest BCUT2D eigenvalue weighted by molar-refractivity contribution is 0.101. The maximum atomic E-state index is 12.6. The molecule has 0 aliphatic carbocycles. The summed E-state index contributed by atoms with van der Waals surface area (Å²) in [5.74, 6) is 0.584. The second kappa shape index (κ2) is 9.87. The molecule has 0 fully saturated rings. The average Bonchev–Trinajstić information content (AvgIpc) is 3.38. The summed E-state index contributed by atoms with van der Waals surface area (Å²) in [6, 6.07) is 12.9. The molecule has 1 amide bonds. The highest BCUT2D eigenvalue weighted by molar-refractivity contribution is 6.42. The number of aromatic nitrogens is 4. The monoisotopic (exact) mass is 503 g/mol. The third kappa shape index (κ3) is 5.68. The van der Waals surface area contributed by atoms with Gasteiger partial charge in [0.25, 0.3) is 5.91 Å². The first-order chi connectivity index (χ1) is 15.8. The minimum Gasteiger partial charge on any atom is -0.471 e. The Bertz CT molecular complexity index is 1320. The van der Waals surface area contributed by atoms with Crippen LogP contribution in [0.1, 0.15) is 27.2 Å². The van der Waals surface area contributed by atoms with Gasteiger partial charge in [-0.2, -0.15) is 10.2 Å². The molecule has 0 radical (unpaired) electrons. The van der Waals surface area contributed by atoms with Crippen LogP contribution in [0.15, 0.2) is 54.9 Å². The van der Waals surface area contributed by atoms with Crippen molar-refractivity contribution in [3.8, 4) is 5.75 Å². The Morgan fingerprint density at radius 3 is 2.58 bits per heavy atom. The van der Waals surface area contributed by atoms with Crippen molar-refractivity contribution in [3.63, 3.8) is 0 Å². The van der Waals surface area contributed by atoms with Crippen LogP contribution in [0.3, 0.4) is 0 Å². The van der Waals surface area contributed by atoms with Gasteiger partial charge in [0.15, 0.2) is 18.2 Å². The molecule has 7 nitrogen and oxygen atoms in total. The first-order valence-electron chi connectivity index (χ1n) is 10.0. The van der Waals surface area contributed by atoms with Crippen molar-refractivity contribution in [1.82, 2.24) is 19.6 Å². The number of hydrogen-bond acceptors (Lipinski definition) is 4. The third-order valence-corrected chi connectivity index (χ3v) is 5.86. The molecule has 4 aromatic rings. The van der Waals surface area contributed by atoms with Gasteiger partial charge >= 0.3 is 0 Å². The Hall–Kier alpha value is -3.00. The summed E-state index contributed by atoms with van der Waals surface area (Å²) >= 11 is 18.3. The van der Waals surface area contributed by atoms with Crippen molar-refractivity contribution in [2.45, 2.75) is 27.1 Å². The second-order valence-corrected chi connectivity index (χ2v) is 8.73. The van der Waals surface area contributed by atoms with Crippen LogP contribution in [0, 0.1) is 13.8 Å². The van der Waals surface area contributed by atoms with E-state index in [1.165, 1.54) is 0 Å². The Kier molecular flexibility index (Phi) is 6.93. The largest absolute Gasteiger partial charge is 0.471 e. The van der Waals surface area contributed by atoms with Gasteiger partial charge in [-0.25, -0.2) is 4.68 Å². The number of benzene rings is 2. The lowest BCUT2D eigenvalue weighted by Gasteiger charge is -2.09. The number of halogens is 3. The minimum absolute atomic E-state index is 0.177. The van der Waals surface area contributed by atoms with Crippen LogP contribution in [0.2, 0.25) is 15.1 Å². The van der Waals surface area contributed by atoms with E-state index in [4.69, 9.17) is 39.5 Å². The summed E-state index contributed by atoms with van der Waals surface area (Å²) in [5, 5.41) is 12.5.